The molecule has 0 spiro atoms. The first-order chi connectivity index (χ1) is 17.8. The first kappa shape index (κ1) is 24.8. The summed E-state index contributed by atoms with van der Waals surface area (Å²) in [5, 5.41) is 0. The van der Waals surface area contributed by atoms with Crippen LogP contribution in [0.3, 0.4) is 0 Å². The van der Waals surface area contributed by atoms with Crippen LogP contribution < -0.4 is 9.64 Å². The SMILES string of the molecule is CC(C)[C@H]1CC[C@H](C)C[C@H]1OC(=O)c1ccc2c(c1)C(=O)N(c1ccc(Oc3ccccc3)cc1)C2=O. The summed E-state index contributed by atoms with van der Waals surface area (Å²) >= 11 is 0. The molecule has 0 bridgehead atoms. The number of amides is 2. The Kier molecular flexibility index (Phi) is 6.83. The molecule has 0 saturated heterocycles. The lowest BCUT2D eigenvalue weighted by atomic mass is 9.75. The average Bonchev–Trinajstić information content (AvgIpc) is 3.14. The molecule has 2 aliphatic rings. The van der Waals surface area contributed by atoms with Gasteiger partial charge >= 0.3 is 5.97 Å². The van der Waals surface area contributed by atoms with Crippen LogP contribution in [0.2, 0.25) is 0 Å². The first-order valence-electron chi connectivity index (χ1n) is 12.9. The van der Waals surface area contributed by atoms with Gasteiger partial charge in [0.1, 0.15) is 17.6 Å². The lowest BCUT2D eigenvalue weighted by Crippen LogP contribution is -2.35. The summed E-state index contributed by atoms with van der Waals surface area (Å²) in [6.45, 7) is 6.51. The van der Waals surface area contributed by atoms with Gasteiger partial charge in [0.15, 0.2) is 0 Å². The van der Waals surface area contributed by atoms with Crippen molar-refractivity contribution in [3.63, 3.8) is 0 Å². The number of esters is 1. The molecule has 3 atom stereocenters. The highest BCUT2D eigenvalue weighted by Crippen LogP contribution is 2.36. The lowest BCUT2D eigenvalue weighted by Gasteiger charge is -2.36. The van der Waals surface area contributed by atoms with E-state index in [2.05, 4.69) is 20.8 Å². The molecule has 1 aliphatic heterocycles. The summed E-state index contributed by atoms with van der Waals surface area (Å²) in [5.74, 6) is 1.20. The highest BCUT2D eigenvalue weighted by Gasteiger charge is 2.38. The Labute approximate surface area is 217 Å². The van der Waals surface area contributed by atoms with Gasteiger partial charge in [0.25, 0.3) is 11.8 Å². The van der Waals surface area contributed by atoms with E-state index in [0.717, 1.165) is 24.2 Å². The predicted molar refractivity (Wildman–Crippen MR) is 141 cm³/mol. The van der Waals surface area contributed by atoms with Crippen LogP contribution in [0.15, 0.2) is 72.8 Å². The number of para-hydroxylation sites is 1. The Morgan fingerprint density at radius 2 is 1.54 bits per heavy atom. The molecule has 1 fully saturated rings. The number of imide groups is 1. The summed E-state index contributed by atoms with van der Waals surface area (Å²) in [7, 11) is 0. The zero-order valence-corrected chi connectivity index (χ0v) is 21.3. The minimum atomic E-state index is -0.460. The smallest absolute Gasteiger partial charge is 0.338 e. The van der Waals surface area contributed by atoms with Gasteiger partial charge in [-0.1, -0.05) is 45.4 Å². The minimum absolute atomic E-state index is 0.144. The maximum Gasteiger partial charge on any atom is 0.338 e. The van der Waals surface area contributed by atoms with E-state index in [-0.39, 0.29) is 22.8 Å². The topological polar surface area (TPSA) is 72.9 Å². The molecule has 0 N–H and O–H groups in total. The van der Waals surface area contributed by atoms with E-state index in [0.29, 0.717) is 34.9 Å². The van der Waals surface area contributed by atoms with Gasteiger partial charge in [0, 0.05) is 0 Å². The van der Waals surface area contributed by atoms with E-state index < -0.39 is 17.8 Å². The van der Waals surface area contributed by atoms with E-state index in [1.54, 1.807) is 36.4 Å². The van der Waals surface area contributed by atoms with Crippen LogP contribution in [0, 0.1) is 17.8 Å². The zero-order valence-electron chi connectivity index (χ0n) is 21.3. The van der Waals surface area contributed by atoms with Gasteiger partial charge in [-0.3, -0.25) is 9.59 Å². The Hall–Kier alpha value is -3.93. The van der Waals surface area contributed by atoms with E-state index >= 15 is 0 Å². The molecule has 0 radical (unpaired) electrons. The van der Waals surface area contributed by atoms with Crippen molar-refractivity contribution in [1.82, 2.24) is 0 Å². The van der Waals surface area contributed by atoms with Crippen LogP contribution in [0.5, 0.6) is 11.5 Å². The minimum Gasteiger partial charge on any atom is -0.458 e. The Balaban J connectivity index is 1.32. The molecule has 0 unspecified atom stereocenters. The number of nitrogens with zero attached hydrogens (tertiary/aromatic N) is 1. The maximum absolute atomic E-state index is 13.3. The van der Waals surface area contributed by atoms with Gasteiger partial charge in [-0.2, -0.15) is 0 Å². The first-order valence-corrected chi connectivity index (χ1v) is 12.9. The number of benzene rings is 3. The van der Waals surface area contributed by atoms with Crippen molar-refractivity contribution in [2.75, 3.05) is 4.90 Å². The molecule has 190 valence electrons. The van der Waals surface area contributed by atoms with Crippen molar-refractivity contribution in [3.8, 4) is 11.5 Å². The Bertz CT molecular complexity index is 1320. The van der Waals surface area contributed by atoms with Gasteiger partial charge < -0.3 is 9.47 Å². The van der Waals surface area contributed by atoms with Crippen molar-refractivity contribution in [3.05, 3.63) is 89.5 Å². The van der Waals surface area contributed by atoms with Crippen molar-refractivity contribution < 1.29 is 23.9 Å². The Morgan fingerprint density at radius 3 is 2.24 bits per heavy atom. The highest BCUT2D eigenvalue weighted by atomic mass is 16.5. The molecule has 6 heteroatoms. The number of rotatable bonds is 6. The monoisotopic (exact) mass is 497 g/mol. The second-order valence-corrected chi connectivity index (χ2v) is 10.4. The van der Waals surface area contributed by atoms with Gasteiger partial charge in [-0.15, -0.1) is 0 Å². The van der Waals surface area contributed by atoms with E-state index in [4.69, 9.17) is 9.47 Å². The second kappa shape index (κ2) is 10.2. The summed E-state index contributed by atoms with van der Waals surface area (Å²) in [6, 6.07) is 20.7. The van der Waals surface area contributed by atoms with Crippen LogP contribution >= 0.6 is 0 Å². The molecule has 37 heavy (non-hydrogen) atoms. The van der Waals surface area contributed by atoms with Crippen LogP contribution in [-0.2, 0) is 4.74 Å². The molecule has 3 aromatic carbocycles. The quantitative estimate of drug-likeness (QED) is 0.274. The summed E-state index contributed by atoms with van der Waals surface area (Å²) < 4.78 is 11.8. The summed E-state index contributed by atoms with van der Waals surface area (Å²) in [4.78, 5) is 40.5. The van der Waals surface area contributed by atoms with Crippen LogP contribution in [0.4, 0.5) is 5.69 Å². The van der Waals surface area contributed by atoms with E-state index in [9.17, 15) is 14.4 Å². The predicted octanol–water partition coefficient (Wildman–Crippen LogP) is 6.90. The molecule has 2 amide bonds. The van der Waals surface area contributed by atoms with Gasteiger partial charge in [-0.25, -0.2) is 9.69 Å². The standard InChI is InChI=1S/C31H31NO5/c1-19(2)25-15-9-20(3)17-28(25)37-31(35)21-10-16-26-27(18-21)30(34)32(29(26)33)22-11-13-24(14-12-22)36-23-7-5-4-6-8-23/h4-8,10-14,16,18-20,25,28H,9,15,17H2,1-3H3/t20-,25+,28+/m0/s1. The molecular formula is C31H31NO5. The number of hydrogen-bond acceptors (Lipinski definition) is 5. The maximum atomic E-state index is 13.3. The summed E-state index contributed by atoms with van der Waals surface area (Å²) in [6.07, 6.45) is 2.88. The van der Waals surface area contributed by atoms with Gasteiger partial charge in [0.05, 0.1) is 22.4 Å². The third-order valence-corrected chi connectivity index (χ3v) is 7.42. The van der Waals surface area contributed by atoms with Crippen molar-refractivity contribution in [1.29, 1.82) is 0 Å². The van der Waals surface area contributed by atoms with Gasteiger partial charge in [-0.05, 0) is 85.2 Å². The molecule has 6 nitrogen and oxygen atoms in total. The number of carbonyl (C=O) groups excluding carboxylic acids is 3. The lowest BCUT2D eigenvalue weighted by molar-refractivity contribution is -0.0174. The van der Waals surface area contributed by atoms with Crippen LogP contribution in [-0.4, -0.2) is 23.9 Å². The van der Waals surface area contributed by atoms with Crippen molar-refractivity contribution in [2.45, 2.75) is 46.1 Å². The third-order valence-electron chi connectivity index (χ3n) is 7.42. The fraction of sp³-hybridized carbons (Fsp3) is 0.323. The summed E-state index contributed by atoms with van der Waals surface area (Å²) in [5.41, 5.74) is 1.21. The Morgan fingerprint density at radius 1 is 0.865 bits per heavy atom. The van der Waals surface area contributed by atoms with Crippen LogP contribution in [0.25, 0.3) is 0 Å². The number of hydrogen-bond donors (Lipinski definition) is 0. The zero-order chi connectivity index (χ0) is 26.1. The normalized spacial score (nSPS) is 21.2. The largest absolute Gasteiger partial charge is 0.458 e. The van der Waals surface area contributed by atoms with E-state index in [1.165, 1.54) is 6.07 Å². The number of anilines is 1. The molecule has 0 aromatic heterocycles. The number of carbonyl (C=O) groups is 3. The number of ether oxygens (including phenoxy) is 2. The van der Waals surface area contributed by atoms with Crippen LogP contribution in [0.1, 0.15) is 71.1 Å². The van der Waals surface area contributed by atoms with Crippen molar-refractivity contribution in [2.24, 2.45) is 17.8 Å². The number of fused-ring (bicyclic) bond motifs is 1. The molecule has 3 aromatic rings. The fourth-order valence-corrected chi connectivity index (χ4v) is 5.35. The fourth-order valence-electron chi connectivity index (χ4n) is 5.35. The molecule has 1 heterocycles. The second-order valence-electron chi connectivity index (χ2n) is 10.4. The van der Waals surface area contributed by atoms with Crippen molar-refractivity contribution >= 4 is 23.5 Å². The molecular weight excluding hydrogens is 466 g/mol. The average molecular weight is 498 g/mol. The highest BCUT2D eigenvalue weighted by molar-refractivity contribution is 6.34. The third kappa shape index (κ3) is 5.01. The van der Waals surface area contributed by atoms with E-state index in [1.807, 2.05) is 30.3 Å². The van der Waals surface area contributed by atoms with Gasteiger partial charge in [0.2, 0.25) is 0 Å². The molecule has 1 saturated carbocycles. The molecule has 5 rings (SSSR count). The molecule has 1 aliphatic carbocycles.